The van der Waals surface area contributed by atoms with E-state index in [9.17, 15) is 9.59 Å². The standard InChI is InChI=1S/C16H15N5O2/c1-11-20-13-5-3-2-4-12(13)16(23)21(11)9-8-19-15(22)14-10-17-6-7-18-14/h2-7,10H,8-9H2,1H3,(H,19,22). The number of nitrogens with zero attached hydrogens (tertiary/aromatic N) is 4. The van der Waals surface area contributed by atoms with Gasteiger partial charge in [-0.3, -0.25) is 19.1 Å². The van der Waals surface area contributed by atoms with Crippen LogP contribution in [0.1, 0.15) is 16.3 Å². The predicted molar refractivity (Wildman–Crippen MR) is 85.1 cm³/mol. The minimum Gasteiger partial charge on any atom is -0.349 e. The minimum absolute atomic E-state index is 0.109. The van der Waals surface area contributed by atoms with E-state index in [0.29, 0.717) is 29.8 Å². The zero-order chi connectivity index (χ0) is 16.2. The number of hydrogen-bond donors (Lipinski definition) is 1. The molecule has 23 heavy (non-hydrogen) atoms. The Hall–Kier alpha value is -3.09. The second-order valence-electron chi connectivity index (χ2n) is 4.98. The molecular formula is C16H15N5O2. The SMILES string of the molecule is Cc1nc2ccccc2c(=O)n1CCNC(=O)c1cnccn1. The number of rotatable bonds is 4. The summed E-state index contributed by atoms with van der Waals surface area (Å²) in [6.45, 7) is 2.42. The van der Waals surface area contributed by atoms with E-state index in [2.05, 4.69) is 20.3 Å². The summed E-state index contributed by atoms with van der Waals surface area (Å²) in [5.74, 6) is 0.292. The Morgan fingerprint density at radius 1 is 1.26 bits per heavy atom. The van der Waals surface area contributed by atoms with Gasteiger partial charge < -0.3 is 5.32 Å². The minimum atomic E-state index is -0.322. The largest absolute Gasteiger partial charge is 0.349 e. The Morgan fingerprint density at radius 3 is 2.87 bits per heavy atom. The summed E-state index contributed by atoms with van der Waals surface area (Å²) >= 11 is 0. The molecule has 1 N–H and O–H groups in total. The number of fused-ring (bicyclic) bond motifs is 1. The van der Waals surface area contributed by atoms with E-state index in [-0.39, 0.29) is 17.2 Å². The summed E-state index contributed by atoms with van der Waals surface area (Å²) in [5.41, 5.74) is 0.810. The smallest absolute Gasteiger partial charge is 0.271 e. The van der Waals surface area contributed by atoms with E-state index in [1.807, 2.05) is 12.1 Å². The Bertz CT molecular complexity index is 905. The van der Waals surface area contributed by atoms with Crippen molar-refractivity contribution in [3.8, 4) is 0 Å². The lowest BCUT2D eigenvalue weighted by atomic mass is 10.2. The van der Waals surface area contributed by atoms with Gasteiger partial charge in [-0.05, 0) is 19.1 Å². The topological polar surface area (TPSA) is 89.8 Å². The van der Waals surface area contributed by atoms with Gasteiger partial charge in [0.1, 0.15) is 11.5 Å². The van der Waals surface area contributed by atoms with Gasteiger partial charge in [-0.15, -0.1) is 0 Å². The van der Waals surface area contributed by atoms with Gasteiger partial charge in [0, 0.05) is 25.5 Å². The number of nitrogens with one attached hydrogen (secondary N) is 1. The maximum Gasteiger partial charge on any atom is 0.271 e. The van der Waals surface area contributed by atoms with Crippen LogP contribution >= 0.6 is 0 Å². The summed E-state index contributed by atoms with van der Waals surface area (Å²) in [7, 11) is 0. The fourth-order valence-electron chi connectivity index (χ4n) is 2.33. The maximum absolute atomic E-state index is 12.5. The molecular weight excluding hydrogens is 294 g/mol. The lowest BCUT2D eigenvalue weighted by Gasteiger charge is -2.11. The third-order valence-electron chi connectivity index (χ3n) is 3.47. The third kappa shape index (κ3) is 3.08. The van der Waals surface area contributed by atoms with Gasteiger partial charge in [-0.2, -0.15) is 0 Å². The Kier molecular flexibility index (Phi) is 4.09. The van der Waals surface area contributed by atoms with Crippen LogP contribution in [0.4, 0.5) is 0 Å². The number of benzene rings is 1. The molecule has 7 heteroatoms. The van der Waals surface area contributed by atoms with Crippen molar-refractivity contribution in [2.24, 2.45) is 0 Å². The molecule has 0 aliphatic heterocycles. The number of amides is 1. The van der Waals surface area contributed by atoms with Crippen LogP contribution in [0.5, 0.6) is 0 Å². The van der Waals surface area contributed by atoms with E-state index in [4.69, 9.17) is 0 Å². The predicted octanol–water partition coefficient (Wildman–Crippen LogP) is 0.925. The number of aryl methyl sites for hydroxylation is 1. The van der Waals surface area contributed by atoms with Crippen LogP contribution in [0, 0.1) is 6.92 Å². The molecule has 7 nitrogen and oxygen atoms in total. The molecule has 0 atom stereocenters. The second-order valence-corrected chi connectivity index (χ2v) is 4.98. The highest BCUT2D eigenvalue weighted by molar-refractivity contribution is 5.91. The zero-order valence-electron chi connectivity index (χ0n) is 12.6. The van der Waals surface area contributed by atoms with Crippen molar-refractivity contribution >= 4 is 16.8 Å². The zero-order valence-corrected chi connectivity index (χ0v) is 12.6. The summed E-state index contributed by atoms with van der Waals surface area (Å²) < 4.78 is 1.55. The van der Waals surface area contributed by atoms with Crippen molar-refractivity contribution < 1.29 is 4.79 Å². The van der Waals surface area contributed by atoms with Gasteiger partial charge in [0.25, 0.3) is 11.5 Å². The normalized spacial score (nSPS) is 10.7. The first-order valence-electron chi connectivity index (χ1n) is 7.17. The van der Waals surface area contributed by atoms with Crippen molar-refractivity contribution in [2.45, 2.75) is 13.5 Å². The molecule has 1 amide bonds. The molecule has 3 aromatic rings. The number of carbonyl (C=O) groups excluding carboxylic acids is 1. The molecule has 116 valence electrons. The van der Waals surface area contributed by atoms with Crippen LogP contribution in [0.2, 0.25) is 0 Å². The molecule has 2 heterocycles. The van der Waals surface area contributed by atoms with Crippen molar-refractivity contribution in [3.05, 3.63) is 64.7 Å². The molecule has 0 aliphatic rings. The van der Waals surface area contributed by atoms with E-state index < -0.39 is 0 Å². The fraction of sp³-hybridized carbons (Fsp3) is 0.188. The molecule has 3 rings (SSSR count). The van der Waals surface area contributed by atoms with Crippen molar-refractivity contribution in [2.75, 3.05) is 6.54 Å². The van der Waals surface area contributed by atoms with Gasteiger partial charge in [0.05, 0.1) is 17.1 Å². The van der Waals surface area contributed by atoms with Gasteiger partial charge in [0.2, 0.25) is 0 Å². The van der Waals surface area contributed by atoms with Gasteiger partial charge in [-0.1, -0.05) is 12.1 Å². The van der Waals surface area contributed by atoms with Crippen LogP contribution in [-0.2, 0) is 6.54 Å². The van der Waals surface area contributed by atoms with E-state index in [1.54, 1.807) is 23.6 Å². The highest BCUT2D eigenvalue weighted by Crippen LogP contribution is 2.07. The lowest BCUT2D eigenvalue weighted by molar-refractivity contribution is 0.0946. The van der Waals surface area contributed by atoms with E-state index in [0.717, 1.165) is 0 Å². The molecule has 0 saturated carbocycles. The van der Waals surface area contributed by atoms with E-state index >= 15 is 0 Å². The highest BCUT2D eigenvalue weighted by Gasteiger charge is 2.09. The highest BCUT2D eigenvalue weighted by atomic mass is 16.2. The average Bonchev–Trinajstić information content (AvgIpc) is 2.58. The van der Waals surface area contributed by atoms with Crippen molar-refractivity contribution in [1.82, 2.24) is 24.8 Å². The summed E-state index contributed by atoms with van der Waals surface area (Å²) in [6.07, 6.45) is 4.35. The Labute approximate surface area is 132 Å². The molecule has 0 spiro atoms. The van der Waals surface area contributed by atoms with Crippen molar-refractivity contribution in [3.63, 3.8) is 0 Å². The Morgan fingerprint density at radius 2 is 2.09 bits per heavy atom. The summed E-state index contributed by atoms with van der Waals surface area (Å²) in [6, 6.07) is 7.21. The number of aromatic nitrogens is 4. The van der Waals surface area contributed by atoms with Gasteiger partial charge >= 0.3 is 0 Å². The monoisotopic (exact) mass is 309 g/mol. The molecule has 0 bridgehead atoms. The first-order chi connectivity index (χ1) is 11.2. The molecule has 0 fully saturated rings. The van der Waals surface area contributed by atoms with Crippen LogP contribution in [0.25, 0.3) is 10.9 Å². The number of carbonyl (C=O) groups is 1. The molecule has 0 aliphatic carbocycles. The van der Waals surface area contributed by atoms with Crippen LogP contribution in [0.3, 0.4) is 0 Å². The molecule has 0 saturated heterocycles. The fourth-order valence-corrected chi connectivity index (χ4v) is 2.33. The van der Waals surface area contributed by atoms with Gasteiger partial charge in [0.15, 0.2) is 0 Å². The summed E-state index contributed by atoms with van der Waals surface area (Å²) in [4.78, 5) is 36.6. The van der Waals surface area contributed by atoms with Crippen LogP contribution < -0.4 is 10.9 Å². The number of para-hydroxylation sites is 1. The molecule has 0 radical (unpaired) electrons. The van der Waals surface area contributed by atoms with Crippen LogP contribution in [-0.4, -0.2) is 32.0 Å². The summed E-state index contributed by atoms with van der Waals surface area (Å²) in [5, 5.41) is 3.29. The Balaban J connectivity index is 1.75. The average molecular weight is 309 g/mol. The van der Waals surface area contributed by atoms with Crippen LogP contribution in [0.15, 0.2) is 47.7 Å². The van der Waals surface area contributed by atoms with Crippen molar-refractivity contribution in [1.29, 1.82) is 0 Å². The first-order valence-corrected chi connectivity index (χ1v) is 7.17. The lowest BCUT2D eigenvalue weighted by Crippen LogP contribution is -2.32. The van der Waals surface area contributed by atoms with E-state index in [1.165, 1.54) is 18.6 Å². The third-order valence-corrected chi connectivity index (χ3v) is 3.47. The molecule has 0 unspecified atom stereocenters. The second kappa shape index (κ2) is 6.35. The molecule has 1 aromatic carbocycles. The maximum atomic E-state index is 12.5. The van der Waals surface area contributed by atoms with Gasteiger partial charge in [-0.25, -0.2) is 9.97 Å². The molecule has 2 aromatic heterocycles. The quantitative estimate of drug-likeness (QED) is 0.774. The first kappa shape index (κ1) is 14.8. The number of hydrogen-bond acceptors (Lipinski definition) is 5.